The van der Waals surface area contributed by atoms with Crippen LogP contribution in [0.5, 0.6) is 0 Å². The molecular weight excluding hydrogens is 160 g/mol. The summed E-state index contributed by atoms with van der Waals surface area (Å²) in [6.07, 6.45) is 4.22. The van der Waals surface area contributed by atoms with E-state index in [2.05, 4.69) is 19.1 Å². The third-order valence-electron chi connectivity index (χ3n) is 2.17. The summed E-state index contributed by atoms with van der Waals surface area (Å²) in [5.74, 6) is -0.100. The van der Waals surface area contributed by atoms with E-state index in [0.717, 1.165) is 18.4 Å². The number of hydrogen-bond acceptors (Lipinski definition) is 1. The van der Waals surface area contributed by atoms with Gasteiger partial charge in [-0.2, -0.15) is 0 Å². The van der Waals surface area contributed by atoms with Crippen LogP contribution in [0.25, 0.3) is 0 Å². The molecule has 0 aliphatic rings. The quantitative estimate of drug-likeness (QED) is 0.687. The summed E-state index contributed by atoms with van der Waals surface area (Å²) >= 11 is 0. The van der Waals surface area contributed by atoms with Gasteiger partial charge in [0.1, 0.15) is 0 Å². The van der Waals surface area contributed by atoms with Gasteiger partial charge in [0.25, 0.3) is 0 Å². The minimum absolute atomic E-state index is 0.100. The van der Waals surface area contributed by atoms with Crippen molar-refractivity contribution in [2.24, 2.45) is 0 Å². The van der Waals surface area contributed by atoms with Crippen molar-refractivity contribution in [2.45, 2.75) is 32.6 Å². The fraction of sp³-hybridized carbons (Fsp3) is 0.417. The van der Waals surface area contributed by atoms with Crippen LogP contribution < -0.4 is 0 Å². The molecule has 1 unspecified atom stereocenters. The van der Waals surface area contributed by atoms with Crippen molar-refractivity contribution in [1.82, 2.24) is 0 Å². The van der Waals surface area contributed by atoms with E-state index in [1.807, 2.05) is 25.3 Å². The Morgan fingerprint density at radius 1 is 1.46 bits per heavy atom. The van der Waals surface area contributed by atoms with Crippen LogP contribution >= 0.6 is 0 Å². The normalized spacial score (nSPS) is 12.5. The molecule has 1 aromatic rings. The van der Waals surface area contributed by atoms with Gasteiger partial charge in [-0.15, -0.1) is 0 Å². The Hall–Kier alpha value is -1.11. The minimum atomic E-state index is -0.100. The highest BCUT2D eigenvalue weighted by Crippen LogP contribution is 2.15. The van der Waals surface area contributed by atoms with Crippen LogP contribution in [0.1, 0.15) is 37.3 Å². The lowest BCUT2D eigenvalue weighted by Gasteiger charge is -2.05. The fourth-order valence-corrected chi connectivity index (χ4v) is 1.37. The molecule has 0 saturated heterocycles. The van der Waals surface area contributed by atoms with Crippen molar-refractivity contribution in [1.29, 1.82) is 0 Å². The second kappa shape index (κ2) is 4.80. The van der Waals surface area contributed by atoms with Gasteiger partial charge in [0.05, 0.1) is 0 Å². The lowest BCUT2D eigenvalue weighted by Crippen LogP contribution is -1.95. The van der Waals surface area contributed by atoms with Gasteiger partial charge < -0.3 is 0 Å². The highest BCUT2D eigenvalue weighted by atomic mass is 16.1. The summed E-state index contributed by atoms with van der Waals surface area (Å²) < 4.78 is 0. The highest BCUT2D eigenvalue weighted by molar-refractivity contribution is 5.62. The van der Waals surface area contributed by atoms with Crippen LogP contribution in [0.3, 0.4) is 0 Å². The van der Waals surface area contributed by atoms with Crippen molar-refractivity contribution < 1.29 is 4.79 Å². The zero-order valence-corrected chi connectivity index (χ0v) is 8.21. The first-order valence-electron chi connectivity index (χ1n) is 4.74. The molecule has 0 N–H and O–H groups in total. The number of hydrogen-bond donors (Lipinski definition) is 0. The van der Waals surface area contributed by atoms with Crippen molar-refractivity contribution in [3.8, 4) is 0 Å². The van der Waals surface area contributed by atoms with E-state index in [4.69, 9.17) is 0 Å². The molecule has 0 heterocycles. The van der Waals surface area contributed by atoms with Crippen molar-refractivity contribution >= 4 is 6.29 Å². The Labute approximate surface area is 79.8 Å². The standard InChI is InChI=1S/C12H15O/c1-3-5-11-6-4-7-12(8-11)10(2)9-13/h4,6-8,10H,3,5H2,1-2H3. The molecule has 13 heavy (non-hydrogen) atoms. The van der Waals surface area contributed by atoms with Gasteiger partial charge in [0, 0.05) is 5.92 Å². The zero-order valence-electron chi connectivity index (χ0n) is 8.21. The molecule has 1 aromatic carbocycles. The molecule has 0 saturated carbocycles. The van der Waals surface area contributed by atoms with Gasteiger partial charge in [-0.3, -0.25) is 4.79 Å². The lowest BCUT2D eigenvalue weighted by atomic mass is 9.99. The first-order valence-corrected chi connectivity index (χ1v) is 4.74. The Balaban J connectivity index is 2.84. The van der Waals surface area contributed by atoms with Gasteiger partial charge in [-0.05, 0) is 17.5 Å². The Bertz CT molecular complexity index is 278. The maximum absolute atomic E-state index is 10.4. The van der Waals surface area contributed by atoms with Crippen molar-refractivity contribution in [3.05, 3.63) is 35.4 Å². The average molecular weight is 175 g/mol. The molecule has 0 aliphatic heterocycles. The van der Waals surface area contributed by atoms with Crippen LogP contribution in [-0.4, -0.2) is 6.29 Å². The molecule has 0 bridgehead atoms. The van der Waals surface area contributed by atoms with Gasteiger partial charge in [-0.1, -0.05) is 44.5 Å². The van der Waals surface area contributed by atoms with E-state index in [9.17, 15) is 4.79 Å². The van der Waals surface area contributed by atoms with Gasteiger partial charge >= 0.3 is 0 Å². The van der Waals surface area contributed by atoms with Gasteiger partial charge in [0.2, 0.25) is 6.29 Å². The van der Waals surface area contributed by atoms with E-state index in [1.54, 1.807) is 0 Å². The lowest BCUT2D eigenvalue weighted by molar-refractivity contribution is 0.546. The van der Waals surface area contributed by atoms with E-state index >= 15 is 0 Å². The van der Waals surface area contributed by atoms with Crippen LogP contribution in [0.2, 0.25) is 0 Å². The molecule has 1 nitrogen and oxygen atoms in total. The molecule has 1 heteroatoms. The van der Waals surface area contributed by atoms with Crippen LogP contribution in [-0.2, 0) is 11.2 Å². The topological polar surface area (TPSA) is 17.1 Å². The molecule has 0 spiro atoms. The predicted octanol–water partition coefficient (Wildman–Crippen LogP) is 2.85. The van der Waals surface area contributed by atoms with E-state index in [1.165, 1.54) is 5.56 Å². The van der Waals surface area contributed by atoms with E-state index in [0.29, 0.717) is 0 Å². The highest BCUT2D eigenvalue weighted by Gasteiger charge is 2.04. The molecule has 69 valence electrons. The number of aryl methyl sites for hydroxylation is 1. The van der Waals surface area contributed by atoms with Crippen LogP contribution in [0, 0.1) is 0 Å². The maximum Gasteiger partial charge on any atom is 0.206 e. The summed E-state index contributed by atoms with van der Waals surface area (Å²) in [5, 5.41) is 0. The van der Waals surface area contributed by atoms with Crippen molar-refractivity contribution in [2.75, 3.05) is 0 Å². The zero-order chi connectivity index (χ0) is 9.68. The first-order chi connectivity index (χ1) is 6.27. The molecule has 0 aliphatic carbocycles. The summed E-state index contributed by atoms with van der Waals surface area (Å²) in [6, 6.07) is 8.19. The van der Waals surface area contributed by atoms with E-state index in [-0.39, 0.29) is 5.92 Å². The fourth-order valence-electron chi connectivity index (χ4n) is 1.37. The second-order valence-electron chi connectivity index (χ2n) is 3.33. The maximum atomic E-state index is 10.4. The molecule has 0 amide bonds. The first kappa shape index (κ1) is 9.97. The predicted molar refractivity (Wildman–Crippen MR) is 54.5 cm³/mol. The monoisotopic (exact) mass is 175 g/mol. The molecular formula is C12H15O. The summed E-state index contributed by atoms with van der Waals surface area (Å²) in [5.41, 5.74) is 2.38. The molecule has 0 fully saturated rings. The third kappa shape index (κ3) is 2.69. The molecule has 1 atom stereocenters. The smallest absolute Gasteiger partial charge is 0.206 e. The Morgan fingerprint density at radius 2 is 2.23 bits per heavy atom. The Morgan fingerprint density at radius 3 is 2.85 bits per heavy atom. The molecule has 0 aromatic heterocycles. The van der Waals surface area contributed by atoms with Crippen LogP contribution in [0.4, 0.5) is 0 Å². The largest absolute Gasteiger partial charge is 0.290 e. The van der Waals surface area contributed by atoms with Crippen LogP contribution in [0.15, 0.2) is 24.3 Å². The SMILES string of the molecule is CCCc1cccc(C(C)[C]=O)c1. The number of benzene rings is 1. The average Bonchev–Trinajstić information content (AvgIpc) is 2.18. The van der Waals surface area contributed by atoms with Crippen molar-refractivity contribution in [3.63, 3.8) is 0 Å². The second-order valence-corrected chi connectivity index (χ2v) is 3.33. The van der Waals surface area contributed by atoms with Gasteiger partial charge in [-0.25, -0.2) is 0 Å². The minimum Gasteiger partial charge on any atom is -0.290 e. The number of rotatable bonds is 4. The number of carbonyl (C=O) groups excluding carboxylic acids is 1. The summed E-state index contributed by atoms with van der Waals surface area (Å²) in [4.78, 5) is 10.4. The summed E-state index contributed by atoms with van der Waals surface area (Å²) in [6.45, 7) is 4.03. The third-order valence-corrected chi connectivity index (χ3v) is 2.17. The van der Waals surface area contributed by atoms with Gasteiger partial charge in [0.15, 0.2) is 0 Å². The Kier molecular flexibility index (Phi) is 3.69. The molecule has 1 rings (SSSR count). The molecule has 1 radical (unpaired) electrons. The summed E-state index contributed by atoms with van der Waals surface area (Å²) in [7, 11) is 0. The van der Waals surface area contributed by atoms with E-state index < -0.39 is 0 Å².